The Balaban J connectivity index is 2.10. The number of fused-ring (bicyclic) bond motifs is 1. The second kappa shape index (κ2) is 9.12. The van der Waals surface area contributed by atoms with Gasteiger partial charge in [-0.2, -0.15) is 0 Å². The van der Waals surface area contributed by atoms with E-state index >= 15 is 0 Å². The Morgan fingerprint density at radius 1 is 1.16 bits per heavy atom. The molecule has 3 aromatic rings. The lowest BCUT2D eigenvalue weighted by Crippen LogP contribution is -2.24. The number of aromatic nitrogens is 1. The number of methoxy groups -OCH3 is 1. The van der Waals surface area contributed by atoms with Crippen molar-refractivity contribution in [2.45, 2.75) is 26.6 Å². The molecular formula is C22H20ClF3N2O4. The number of amides is 1. The summed E-state index contributed by atoms with van der Waals surface area (Å²) in [5.41, 5.74) is 1.71. The summed E-state index contributed by atoms with van der Waals surface area (Å²) in [5, 5.41) is 3.60. The molecule has 170 valence electrons. The third kappa shape index (κ3) is 4.83. The summed E-state index contributed by atoms with van der Waals surface area (Å²) in [5.74, 6) is -0.762. The molecule has 1 N–H and O–H groups in total. The van der Waals surface area contributed by atoms with Gasteiger partial charge in [0, 0.05) is 23.2 Å². The molecule has 1 heterocycles. The fourth-order valence-electron chi connectivity index (χ4n) is 3.47. The number of hydrogen-bond acceptors (Lipinski definition) is 4. The van der Waals surface area contributed by atoms with E-state index in [9.17, 15) is 22.8 Å². The van der Waals surface area contributed by atoms with Gasteiger partial charge in [0.25, 0.3) is 5.91 Å². The first kappa shape index (κ1) is 23.5. The Labute approximate surface area is 186 Å². The van der Waals surface area contributed by atoms with Crippen LogP contribution in [-0.4, -0.2) is 36.4 Å². The Morgan fingerprint density at radius 2 is 1.81 bits per heavy atom. The number of alkyl halides is 3. The van der Waals surface area contributed by atoms with Gasteiger partial charge in [-0.15, -0.1) is 13.2 Å². The first-order valence-electron chi connectivity index (χ1n) is 9.60. The molecule has 1 aromatic heterocycles. The lowest BCUT2D eigenvalue weighted by Gasteiger charge is -2.11. The van der Waals surface area contributed by atoms with Crippen molar-refractivity contribution in [3.63, 3.8) is 0 Å². The Kier molecular flexibility index (Phi) is 6.68. The molecule has 2 aromatic carbocycles. The van der Waals surface area contributed by atoms with Gasteiger partial charge in [-0.25, -0.2) is 0 Å². The van der Waals surface area contributed by atoms with Crippen molar-refractivity contribution < 1.29 is 32.2 Å². The molecule has 6 nitrogen and oxygen atoms in total. The highest BCUT2D eigenvalue weighted by Crippen LogP contribution is 2.35. The minimum absolute atomic E-state index is 0.0274. The van der Waals surface area contributed by atoms with Gasteiger partial charge in [0.15, 0.2) is 0 Å². The van der Waals surface area contributed by atoms with Crippen molar-refractivity contribution in [2.24, 2.45) is 0 Å². The highest BCUT2D eigenvalue weighted by Gasteiger charge is 2.31. The molecule has 32 heavy (non-hydrogen) atoms. The molecule has 0 saturated carbocycles. The fraction of sp³-hybridized carbons (Fsp3) is 0.273. The zero-order chi connectivity index (χ0) is 23.6. The van der Waals surface area contributed by atoms with Crippen molar-refractivity contribution in [1.29, 1.82) is 0 Å². The van der Waals surface area contributed by atoms with Crippen LogP contribution in [0, 0.1) is 6.92 Å². The molecule has 0 fully saturated rings. The second-order valence-electron chi connectivity index (χ2n) is 6.91. The van der Waals surface area contributed by atoms with Gasteiger partial charge in [-0.1, -0.05) is 11.6 Å². The molecular weight excluding hydrogens is 449 g/mol. The average molecular weight is 469 g/mol. The van der Waals surface area contributed by atoms with Crippen LogP contribution in [0.4, 0.5) is 13.2 Å². The van der Waals surface area contributed by atoms with Crippen LogP contribution in [-0.2, 0) is 11.2 Å². The van der Waals surface area contributed by atoms with E-state index in [1.54, 1.807) is 26.0 Å². The second-order valence-corrected chi connectivity index (χ2v) is 7.32. The number of carbonyl (C=O) groups excluding carboxylic acids is 2. The number of hydrogen-bond donors (Lipinski definition) is 1. The smallest absolute Gasteiger partial charge is 0.495 e. The standard InChI is InChI=1S/C22H20ClF3N2O4/c1-4-27-20(29)10-15-12(2)28(18-11-17(23)19(31-3)9-16(15)18)21(30)13-5-7-14(8-6-13)32-22(24,25)26/h5-9,11H,4,10H2,1-3H3,(H,27,29). The third-order valence-electron chi connectivity index (χ3n) is 4.86. The van der Waals surface area contributed by atoms with Crippen LogP contribution < -0.4 is 14.8 Å². The van der Waals surface area contributed by atoms with Gasteiger partial charge in [-0.05, 0) is 55.8 Å². The molecule has 0 spiro atoms. The van der Waals surface area contributed by atoms with E-state index in [0.29, 0.717) is 34.5 Å². The van der Waals surface area contributed by atoms with Crippen LogP contribution in [0.2, 0.25) is 5.02 Å². The maximum Gasteiger partial charge on any atom is 0.573 e. The molecule has 0 aliphatic heterocycles. The van der Waals surface area contributed by atoms with E-state index in [2.05, 4.69) is 10.1 Å². The predicted molar refractivity (Wildman–Crippen MR) is 113 cm³/mol. The Bertz CT molecular complexity index is 1170. The van der Waals surface area contributed by atoms with Crippen LogP contribution in [0.25, 0.3) is 10.9 Å². The van der Waals surface area contributed by atoms with E-state index in [-0.39, 0.29) is 22.9 Å². The Hall–Kier alpha value is -3.20. The number of nitrogens with zero attached hydrogens (tertiary/aromatic N) is 1. The summed E-state index contributed by atoms with van der Waals surface area (Å²) < 4.78 is 47.7. The maximum atomic E-state index is 13.3. The van der Waals surface area contributed by atoms with E-state index in [1.165, 1.54) is 23.8 Å². The van der Waals surface area contributed by atoms with Crippen molar-refractivity contribution in [2.75, 3.05) is 13.7 Å². The molecule has 0 aliphatic carbocycles. The quantitative estimate of drug-likeness (QED) is 0.560. The van der Waals surface area contributed by atoms with Gasteiger partial charge >= 0.3 is 6.36 Å². The number of ether oxygens (including phenoxy) is 2. The van der Waals surface area contributed by atoms with Crippen molar-refractivity contribution in [3.8, 4) is 11.5 Å². The van der Waals surface area contributed by atoms with E-state index < -0.39 is 18.0 Å². The van der Waals surface area contributed by atoms with Crippen LogP contribution in [0.3, 0.4) is 0 Å². The molecule has 0 radical (unpaired) electrons. The van der Waals surface area contributed by atoms with Gasteiger partial charge in [0.1, 0.15) is 11.5 Å². The molecule has 10 heteroatoms. The molecule has 3 rings (SSSR count). The highest BCUT2D eigenvalue weighted by molar-refractivity contribution is 6.33. The monoisotopic (exact) mass is 468 g/mol. The molecule has 0 atom stereocenters. The molecule has 1 amide bonds. The lowest BCUT2D eigenvalue weighted by molar-refractivity contribution is -0.274. The normalized spacial score (nSPS) is 11.5. The summed E-state index contributed by atoms with van der Waals surface area (Å²) in [6.45, 7) is 3.94. The van der Waals surface area contributed by atoms with E-state index in [4.69, 9.17) is 16.3 Å². The summed E-state index contributed by atoms with van der Waals surface area (Å²) >= 11 is 6.27. The van der Waals surface area contributed by atoms with Gasteiger partial charge < -0.3 is 14.8 Å². The minimum atomic E-state index is -4.83. The van der Waals surface area contributed by atoms with Crippen LogP contribution in [0.15, 0.2) is 36.4 Å². The molecule has 0 saturated heterocycles. The largest absolute Gasteiger partial charge is 0.573 e. The number of carbonyl (C=O) groups is 2. The van der Waals surface area contributed by atoms with Crippen LogP contribution in [0.1, 0.15) is 28.5 Å². The number of nitrogens with one attached hydrogen (secondary N) is 1. The fourth-order valence-corrected chi connectivity index (χ4v) is 3.70. The van der Waals surface area contributed by atoms with E-state index in [1.807, 2.05) is 0 Å². The molecule has 0 bridgehead atoms. The number of likely N-dealkylation sites (N-methyl/N-ethyl adjacent to an activating group) is 1. The minimum Gasteiger partial charge on any atom is -0.495 e. The first-order valence-corrected chi connectivity index (χ1v) is 9.98. The number of rotatable bonds is 6. The average Bonchev–Trinajstić information content (AvgIpc) is 2.97. The third-order valence-corrected chi connectivity index (χ3v) is 5.15. The topological polar surface area (TPSA) is 69.6 Å². The molecule has 0 unspecified atom stereocenters. The lowest BCUT2D eigenvalue weighted by atomic mass is 10.1. The van der Waals surface area contributed by atoms with Crippen molar-refractivity contribution in [3.05, 3.63) is 58.2 Å². The van der Waals surface area contributed by atoms with Gasteiger partial charge in [0.2, 0.25) is 5.91 Å². The zero-order valence-corrected chi connectivity index (χ0v) is 18.2. The Morgan fingerprint density at radius 3 is 2.38 bits per heavy atom. The summed E-state index contributed by atoms with van der Waals surface area (Å²) in [7, 11) is 1.45. The predicted octanol–water partition coefficient (Wildman–Crippen LogP) is 4.88. The van der Waals surface area contributed by atoms with Gasteiger partial charge in [0.05, 0.1) is 24.1 Å². The SMILES string of the molecule is CCNC(=O)Cc1c(C)n(C(=O)c2ccc(OC(F)(F)F)cc2)c2cc(Cl)c(OC)cc12. The highest BCUT2D eigenvalue weighted by atomic mass is 35.5. The van der Waals surface area contributed by atoms with Crippen molar-refractivity contribution in [1.82, 2.24) is 9.88 Å². The van der Waals surface area contributed by atoms with Crippen LogP contribution in [0.5, 0.6) is 11.5 Å². The first-order chi connectivity index (χ1) is 15.1. The summed E-state index contributed by atoms with van der Waals surface area (Å²) in [4.78, 5) is 25.6. The summed E-state index contributed by atoms with van der Waals surface area (Å²) in [6, 6.07) is 7.82. The summed E-state index contributed by atoms with van der Waals surface area (Å²) in [6.07, 6.45) is -4.80. The van der Waals surface area contributed by atoms with E-state index in [0.717, 1.165) is 12.1 Å². The van der Waals surface area contributed by atoms with Crippen molar-refractivity contribution >= 4 is 34.3 Å². The zero-order valence-electron chi connectivity index (χ0n) is 17.5. The maximum absolute atomic E-state index is 13.3. The molecule has 0 aliphatic rings. The van der Waals surface area contributed by atoms with Gasteiger partial charge in [-0.3, -0.25) is 14.2 Å². The number of halogens is 4. The number of benzene rings is 2. The van der Waals surface area contributed by atoms with Crippen LogP contribution >= 0.6 is 11.6 Å².